The van der Waals surface area contributed by atoms with Crippen molar-refractivity contribution in [3.05, 3.63) is 62.7 Å². The maximum atomic E-state index is 12.1. The van der Waals surface area contributed by atoms with Crippen molar-refractivity contribution in [3.63, 3.8) is 0 Å². The molecule has 0 aliphatic carbocycles. The van der Waals surface area contributed by atoms with Crippen LogP contribution in [-0.4, -0.2) is 30.0 Å². The molecule has 0 saturated heterocycles. The molecule has 0 heterocycles. The van der Waals surface area contributed by atoms with Gasteiger partial charge in [0, 0.05) is 6.07 Å². The van der Waals surface area contributed by atoms with E-state index < -0.39 is 23.4 Å². The minimum Gasteiger partial charge on any atom is -0.482 e. The van der Waals surface area contributed by atoms with E-state index in [1.54, 1.807) is 32.0 Å². The topological polar surface area (TPSA) is 108 Å². The van der Waals surface area contributed by atoms with Gasteiger partial charge in [0.15, 0.2) is 13.2 Å². The second-order valence-corrected chi connectivity index (χ2v) is 6.48. The summed E-state index contributed by atoms with van der Waals surface area (Å²) in [5.41, 5.74) is 3.24. The van der Waals surface area contributed by atoms with Gasteiger partial charge < -0.3 is 14.8 Å². The van der Waals surface area contributed by atoms with Crippen LogP contribution in [0.25, 0.3) is 0 Å². The van der Waals surface area contributed by atoms with Crippen molar-refractivity contribution >= 4 is 23.3 Å². The number of ether oxygens (including phenoxy) is 2. The standard InChI is InChI=1S/C20H22N2O6/c1-12-7-13(2)9-16(8-12)27-11-19(24)28-10-18(23)21-20-15(4)14(3)5-6-17(20)22(25)26/h5-9H,10-11H2,1-4H3,(H,21,23). The van der Waals surface area contributed by atoms with Gasteiger partial charge in [0.25, 0.3) is 11.6 Å². The van der Waals surface area contributed by atoms with Crippen LogP contribution in [0.1, 0.15) is 22.3 Å². The van der Waals surface area contributed by atoms with E-state index in [-0.39, 0.29) is 18.0 Å². The molecule has 0 bridgehead atoms. The molecule has 0 aliphatic heterocycles. The second kappa shape index (κ2) is 8.98. The number of rotatable bonds is 7. The van der Waals surface area contributed by atoms with Crippen LogP contribution in [-0.2, 0) is 14.3 Å². The highest BCUT2D eigenvalue weighted by Gasteiger charge is 2.20. The number of nitrogens with one attached hydrogen (secondary N) is 1. The van der Waals surface area contributed by atoms with Crippen molar-refractivity contribution < 1.29 is 24.0 Å². The number of nitrogens with zero attached hydrogens (tertiary/aromatic N) is 1. The lowest BCUT2D eigenvalue weighted by Crippen LogP contribution is -2.24. The fraction of sp³-hybridized carbons (Fsp3) is 0.300. The largest absolute Gasteiger partial charge is 0.482 e. The fourth-order valence-electron chi connectivity index (χ4n) is 2.63. The van der Waals surface area contributed by atoms with Crippen molar-refractivity contribution in [3.8, 4) is 5.75 Å². The Morgan fingerprint density at radius 2 is 1.68 bits per heavy atom. The lowest BCUT2D eigenvalue weighted by atomic mass is 10.1. The van der Waals surface area contributed by atoms with Crippen LogP contribution in [0.3, 0.4) is 0 Å². The molecule has 0 spiro atoms. The van der Waals surface area contributed by atoms with Gasteiger partial charge in [-0.2, -0.15) is 0 Å². The number of esters is 1. The van der Waals surface area contributed by atoms with E-state index in [0.717, 1.165) is 16.7 Å². The van der Waals surface area contributed by atoms with Crippen LogP contribution in [0.4, 0.5) is 11.4 Å². The Bertz CT molecular complexity index is 903. The second-order valence-electron chi connectivity index (χ2n) is 6.48. The number of amides is 1. The van der Waals surface area contributed by atoms with Gasteiger partial charge in [-0.3, -0.25) is 14.9 Å². The number of hydrogen-bond acceptors (Lipinski definition) is 6. The third kappa shape index (κ3) is 5.54. The summed E-state index contributed by atoms with van der Waals surface area (Å²) in [7, 11) is 0. The van der Waals surface area contributed by atoms with Crippen molar-refractivity contribution in [1.29, 1.82) is 0 Å². The molecule has 2 aromatic rings. The molecule has 0 aromatic heterocycles. The molecule has 0 fully saturated rings. The maximum absolute atomic E-state index is 12.1. The van der Waals surface area contributed by atoms with Gasteiger partial charge in [0.1, 0.15) is 11.4 Å². The van der Waals surface area contributed by atoms with Gasteiger partial charge in [0.05, 0.1) is 4.92 Å². The predicted molar refractivity (Wildman–Crippen MR) is 104 cm³/mol. The number of hydrogen-bond donors (Lipinski definition) is 1. The number of carbonyl (C=O) groups excluding carboxylic acids is 2. The minimum absolute atomic E-state index is 0.0949. The number of anilines is 1. The molecule has 8 heteroatoms. The summed E-state index contributed by atoms with van der Waals surface area (Å²) in [4.78, 5) is 34.4. The lowest BCUT2D eigenvalue weighted by molar-refractivity contribution is -0.384. The zero-order chi connectivity index (χ0) is 20.8. The number of benzene rings is 2. The molecule has 2 aromatic carbocycles. The van der Waals surface area contributed by atoms with E-state index in [0.29, 0.717) is 11.3 Å². The quantitative estimate of drug-likeness (QED) is 0.444. The van der Waals surface area contributed by atoms with E-state index in [1.807, 2.05) is 19.9 Å². The van der Waals surface area contributed by atoms with E-state index in [2.05, 4.69) is 5.32 Å². The Morgan fingerprint density at radius 1 is 1.04 bits per heavy atom. The van der Waals surface area contributed by atoms with Gasteiger partial charge >= 0.3 is 5.97 Å². The third-order valence-electron chi connectivity index (χ3n) is 4.09. The fourth-order valence-corrected chi connectivity index (χ4v) is 2.63. The van der Waals surface area contributed by atoms with Gasteiger partial charge in [-0.1, -0.05) is 12.1 Å². The zero-order valence-corrected chi connectivity index (χ0v) is 16.2. The molecule has 0 aliphatic rings. The Kier molecular flexibility index (Phi) is 6.70. The van der Waals surface area contributed by atoms with Crippen molar-refractivity contribution in [2.45, 2.75) is 27.7 Å². The van der Waals surface area contributed by atoms with Gasteiger partial charge in [-0.25, -0.2) is 4.79 Å². The highest BCUT2D eigenvalue weighted by Crippen LogP contribution is 2.30. The molecule has 28 heavy (non-hydrogen) atoms. The smallest absolute Gasteiger partial charge is 0.344 e. The van der Waals surface area contributed by atoms with Crippen LogP contribution in [0, 0.1) is 37.8 Å². The molecular formula is C20H22N2O6. The first-order valence-electron chi connectivity index (χ1n) is 8.58. The Labute approximate surface area is 162 Å². The van der Waals surface area contributed by atoms with Crippen LogP contribution in [0.2, 0.25) is 0 Å². The molecule has 1 amide bonds. The first-order chi connectivity index (χ1) is 13.2. The number of carbonyl (C=O) groups is 2. The molecule has 8 nitrogen and oxygen atoms in total. The lowest BCUT2D eigenvalue weighted by Gasteiger charge is -2.12. The van der Waals surface area contributed by atoms with Gasteiger partial charge in [-0.15, -0.1) is 0 Å². The normalized spacial score (nSPS) is 10.3. The number of nitro groups is 1. The average Bonchev–Trinajstić information content (AvgIpc) is 2.61. The first-order valence-corrected chi connectivity index (χ1v) is 8.58. The maximum Gasteiger partial charge on any atom is 0.344 e. The SMILES string of the molecule is Cc1cc(C)cc(OCC(=O)OCC(=O)Nc2c([N+](=O)[O-])ccc(C)c2C)c1. The van der Waals surface area contributed by atoms with Gasteiger partial charge in [0.2, 0.25) is 0 Å². The summed E-state index contributed by atoms with van der Waals surface area (Å²) in [6.07, 6.45) is 0. The molecule has 148 valence electrons. The van der Waals surface area contributed by atoms with E-state index in [4.69, 9.17) is 9.47 Å². The molecule has 0 atom stereocenters. The number of aryl methyl sites for hydroxylation is 3. The van der Waals surface area contributed by atoms with E-state index in [9.17, 15) is 19.7 Å². The molecule has 0 saturated carbocycles. The first kappa shape index (κ1) is 20.9. The Balaban J connectivity index is 1.91. The van der Waals surface area contributed by atoms with E-state index in [1.165, 1.54) is 6.07 Å². The zero-order valence-electron chi connectivity index (χ0n) is 16.2. The van der Waals surface area contributed by atoms with Crippen molar-refractivity contribution in [1.82, 2.24) is 0 Å². The summed E-state index contributed by atoms with van der Waals surface area (Å²) in [6, 6.07) is 8.47. The third-order valence-corrected chi connectivity index (χ3v) is 4.09. The van der Waals surface area contributed by atoms with Crippen LogP contribution < -0.4 is 10.1 Å². The summed E-state index contributed by atoms with van der Waals surface area (Å²) in [5.74, 6) is -0.855. The van der Waals surface area contributed by atoms with Crippen LogP contribution in [0.5, 0.6) is 5.75 Å². The summed E-state index contributed by atoms with van der Waals surface area (Å²) < 4.78 is 10.3. The van der Waals surface area contributed by atoms with Crippen molar-refractivity contribution in [2.75, 3.05) is 18.5 Å². The minimum atomic E-state index is -0.718. The molecule has 0 unspecified atom stereocenters. The number of nitro benzene ring substituents is 1. The molecule has 1 N–H and O–H groups in total. The predicted octanol–water partition coefficient (Wildman–Crippen LogP) is 3.39. The molecule has 0 radical (unpaired) electrons. The summed E-state index contributed by atoms with van der Waals surface area (Å²) in [5, 5.41) is 13.6. The van der Waals surface area contributed by atoms with E-state index >= 15 is 0 Å². The summed E-state index contributed by atoms with van der Waals surface area (Å²) in [6.45, 7) is 6.35. The molecular weight excluding hydrogens is 364 g/mol. The molecule has 2 rings (SSSR count). The van der Waals surface area contributed by atoms with Crippen LogP contribution in [0.15, 0.2) is 30.3 Å². The monoisotopic (exact) mass is 386 g/mol. The van der Waals surface area contributed by atoms with Gasteiger partial charge in [-0.05, 0) is 62.1 Å². The average molecular weight is 386 g/mol. The highest BCUT2D eigenvalue weighted by atomic mass is 16.6. The highest BCUT2D eigenvalue weighted by molar-refractivity contribution is 5.96. The Hall–Kier alpha value is -3.42. The summed E-state index contributed by atoms with van der Waals surface area (Å²) >= 11 is 0. The van der Waals surface area contributed by atoms with Crippen molar-refractivity contribution in [2.24, 2.45) is 0 Å². The Morgan fingerprint density at radius 3 is 2.29 bits per heavy atom. The van der Waals surface area contributed by atoms with Crippen LogP contribution >= 0.6 is 0 Å².